The van der Waals surface area contributed by atoms with Crippen LogP contribution >= 0.6 is 0 Å². The van der Waals surface area contributed by atoms with E-state index in [1.807, 2.05) is 34.7 Å². The standard InChI is InChI=1S/C11H15N7/c1-6-12-7(2)15-10(14-6)18(5)11-16-8(3)13-9(4)17-11/h1-5H3. The molecule has 2 aromatic heterocycles. The fourth-order valence-electron chi connectivity index (χ4n) is 1.59. The van der Waals surface area contributed by atoms with Crippen molar-refractivity contribution in [3.63, 3.8) is 0 Å². The normalized spacial score (nSPS) is 10.5. The quantitative estimate of drug-likeness (QED) is 0.782. The molecule has 0 unspecified atom stereocenters. The Hall–Kier alpha value is -2.18. The van der Waals surface area contributed by atoms with Crippen molar-refractivity contribution < 1.29 is 0 Å². The molecule has 0 atom stereocenters. The molecule has 0 amide bonds. The third-order valence-corrected chi connectivity index (χ3v) is 2.29. The summed E-state index contributed by atoms with van der Waals surface area (Å²) in [6.45, 7) is 7.32. The SMILES string of the molecule is Cc1nc(C)nc(N(C)c2nc(C)nc(C)n2)n1. The molecule has 0 bridgehead atoms. The second-order valence-electron chi connectivity index (χ2n) is 4.02. The maximum atomic E-state index is 4.27. The number of aryl methyl sites for hydroxylation is 4. The summed E-state index contributed by atoms with van der Waals surface area (Å²) in [5.41, 5.74) is 0. The number of hydrogen-bond acceptors (Lipinski definition) is 7. The van der Waals surface area contributed by atoms with E-state index in [1.54, 1.807) is 4.90 Å². The minimum absolute atomic E-state index is 0.532. The zero-order chi connectivity index (χ0) is 13.3. The van der Waals surface area contributed by atoms with Crippen molar-refractivity contribution in [3.8, 4) is 0 Å². The molecule has 94 valence electrons. The lowest BCUT2D eigenvalue weighted by Crippen LogP contribution is -2.19. The summed E-state index contributed by atoms with van der Waals surface area (Å²) in [5.74, 6) is 3.76. The Kier molecular flexibility index (Phi) is 3.14. The van der Waals surface area contributed by atoms with E-state index in [0.717, 1.165) is 0 Å². The third-order valence-electron chi connectivity index (χ3n) is 2.29. The largest absolute Gasteiger partial charge is 0.282 e. The van der Waals surface area contributed by atoms with Gasteiger partial charge < -0.3 is 0 Å². The lowest BCUT2D eigenvalue weighted by Gasteiger charge is -2.15. The van der Waals surface area contributed by atoms with Gasteiger partial charge in [-0.2, -0.15) is 19.9 Å². The second-order valence-corrected chi connectivity index (χ2v) is 4.02. The van der Waals surface area contributed by atoms with Crippen molar-refractivity contribution in [3.05, 3.63) is 23.3 Å². The Bertz CT molecular complexity index is 490. The lowest BCUT2D eigenvalue weighted by molar-refractivity contribution is 0.849. The average molecular weight is 245 g/mol. The minimum atomic E-state index is 0.532. The van der Waals surface area contributed by atoms with Crippen molar-refractivity contribution in [2.45, 2.75) is 27.7 Å². The van der Waals surface area contributed by atoms with Gasteiger partial charge in [0.25, 0.3) is 0 Å². The summed E-state index contributed by atoms with van der Waals surface area (Å²) in [7, 11) is 1.82. The van der Waals surface area contributed by atoms with Crippen LogP contribution in [0.5, 0.6) is 0 Å². The van der Waals surface area contributed by atoms with Crippen LogP contribution in [-0.2, 0) is 0 Å². The van der Waals surface area contributed by atoms with Gasteiger partial charge in [0.05, 0.1) is 0 Å². The van der Waals surface area contributed by atoms with Crippen molar-refractivity contribution in [2.24, 2.45) is 0 Å². The van der Waals surface area contributed by atoms with Crippen LogP contribution in [0.1, 0.15) is 23.3 Å². The molecule has 2 rings (SSSR count). The smallest absolute Gasteiger partial charge is 0.235 e. The Morgan fingerprint density at radius 3 is 1.11 bits per heavy atom. The molecule has 0 aliphatic heterocycles. The van der Waals surface area contributed by atoms with E-state index in [2.05, 4.69) is 29.9 Å². The molecule has 0 saturated heterocycles. The van der Waals surface area contributed by atoms with Gasteiger partial charge in [0.1, 0.15) is 23.3 Å². The summed E-state index contributed by atoms with van der Waals surface area (Å²) in [6, 6.07) is 0. The highest BCUT2D eigenvalue weighted by Crippen LogP contribution is 2.15. The number of rotatable bonds is 2. The Labute approximate surface area is 105 Å². The molecule has 18 heavy (non-hydrogen) atoms. The van der Waals surface area contributed by atoms with Gasteiger partial charge >= 0.3 is 0 Å². The predicted octanol–water partition coefficient (Wildman–Crippen LogP) is 1.06. The first-order valence-electron chi connectivity index (χ1n) is 5.58. The van der Waals surface area contributed by atoms with Crippen molar-refractivity contribution in [1.29, 1.82) is 0 Å². The van der Waals surface area contributed by atoms with Crippen molar-refractivity contribution >= 4 is 11.9 Å². The fraction of sp³-hybridized carbons (Fsp3) is 0.455. The van der Waals surface area contributed by atoms with E-state index in [9.17, 15) is 0 Å². The molecule has 7 heteroatoms. The highest BCUT2D eigenvalue weighted by Gasteiger charge is 2.12. The van der Waals surface area contributed by atoms with Crippen LogP contribution < -0.4 is 4.90 Å². The van der Waals surface area contributed by atoms with Crippen molar-refractivity contribution in [2.75, 3.05) is 11.9 Å². The summed E-state index contributed by atoms with van der Waals surface area (Å²) in [4.78, 5) is 27.1. The highest BCUT2D eigenvalue weighted by atomic mass is 15.3. The van der Waals surface area contributed by atoms with E-state index in [1.165, 1.54) is 0 Å². The first-order valence-corrected chi connectivity index (χ1v) is 5.58. The first-order chi connectivity index (χ1) is 8.45. The molecule has 2 aromatic rings. The van der Waals surface area contributed by atoms with Crippen LogP contribution in [0.3, 0.4) is 0 Å². The molecule has 2 heterocycles. The van der Waals surface area contributed by atoms with Gasteiger partial charge in [-0.25, -0.2) is 9.97 Å². The van der Waals surface area contributed by atoms with E-state index in [0.29, 0.717) is 35.2 Å². The van der Waals surface area contributed by atoms with Gasteiger partial charge in [0.15, 0.2) is 0 Å². The Morgan fingerprint density at radius 2 is 0.833 bits per heavy atom. The van der Waals surface area contributed by atoms with Gasteiger partial charge in [-0.3, -0.25) is 4.90 Å². The van der Waals surface area contributed by atoms with Crippen LogP contribution in [-0.4, -0.2) is 37.0 Å². The van der Waals surface area contributed by atoms with Gasteiger partial charge in [-0.05, 0) is 27.7 Å². The lowest BCUT2D eigenvalue weighted by atomic mass is 10.5. The van der Waals surface area contributed by atoms with Crippen LogP contribution in [0.25, 0.3) is 0 Å². The van der Waals surface area contributed by atoms with Gasteiger partial charge in [0, 0.05) is 7.05 Å². The van der Waals surface area contributed by atoms with Gasteiger partial charge in [-0.1, -0.05) is 0 Å². The number of nitrogens with zero attached hydrogens (tertiary/aromatic N) is 7. The molecule has 0 spiro atoms. The monoisotopic (exact) mass is 245 g/mol. The molecule has 0 aromatic carbocycles. The van der Waals surface area contributed by atoms with Gasteiger partial charge in [-0.15, -0.1) is 0 Å². The zero-order valence-electron chi connectivity index (χ0n) is 11.1. The van der Waals surface area contributed by atoms with E-state index >= 15 is 0 Å². The number of aromatic nitrogens is 6. The average Bonchev–Trinajstić information content (AvgIpc) is 2.25. The number of hydrogen-bond donors (Lipinski definition) is 0. The molecule has 0 aliphatic rings. The molecule has 0 fully saturated rings. The van der Waals surface area contributed by atoms with E-state index in [-0.39, 0.29) is 0 Å². The molecule has 7 nitrogen and oxygen atoms in total. The van der Waals surface area contributed by atoms with Crippen LogP contribution in [0.15, 0.2) is 0 Å². The number of anilines is 2. The Morgan fingerprint density at radius 1 is 0.556 bits per heavy atom. The molecule has 0 aliphatic carbocycles. The van der Waals surface area contributed by atoms with Crippen molar-refractivity contribution in [1.82, 2.24) is 29.9 Å². The van der Waals surface area contributed by atoms with Crippen LogP contribution in [0.4, 0.5) is 11.9 Å². The molecule has 0 radical (unpaired) electrons. The second kappa shape index (κ2) is 4.59. The predicted molar refractivity (Wildman–Crippen MR) is 66.7 cm³/mol. The first kappa shape index (κ1) is 12.3. The molecular formula is C11H15N7. The van der Waals surface area contributed by atoms with Crippen LogP contribution in [0.2, 0.25) is 0 Å². The third kappa shape index (κ3) is 2.55. The maximum Gasteiger partial charge on any atom is 0.235 e. The fourth-order valence-corrected chi connectivity index (χ4v) is 1.59. The molecule has 0 saturated carbocycles. The minimum Gasteiger partial charge on any atom is -0.282 e. The highest BCUT2D eigenvalue weighted by molar-refractivity contribution is 5.46. The topological polar surface area (TPSA) is 80.6 Å². The van der Waals surface area contributed by atoms with E-state index < -0.39 is 0 Å². The summed E-state index contributed by atoms with van der Waals surface area (Å²) < 4.78 is 0. The zero-order valence-corrected chi connectivity index (χ0v) is 11.1. The maximum absolute atomic E-state index is 4.27. The van der Waals surface area contributed by atoms with Crippen LogP contribution in [0, 0.1) is 27.7 Å². The molecule has 0 N–H and O–H groups in total. The molecular weight excluding hydrogens is 230 g/mol. The van der Waals surface area contributed by atoms with E-state index in [4.69, 9.17) is 0 Å². The van der Waals surface area contributed by atoms with Gasteiger partial charge in [0.2, 0.25) is 11.9 Å². The Balaban J connectivity index is 2.43. The summed E-state index contributed by atoms with van der Waals surface area (Å²) in [5, 5.41) is 0. The summed E-state index contributed by atoms with van der Waals surface area (Å²) in [6.07, 6.45) is 0. The summed E-state index contributed by atoms with van der Waals surface area (Å²) >= 11 is 0.